The lowest BCUT2D eigenvalue weighted by Gasteiger charge is -1.97. The molecule has 0 unspecified atom stereocenters. The van der Waals surface area contributed by atoms with Crippen molar-refractivity contribution < 1.29 is 0 Å². The molecule has 0 aliphatic rings. The van der Waals surface area contributed by atoms with Gasteiger partial charge in [-0.1, -0.05) is 13.2 Å². The van der Waals surface area contributed by atoms with Gasteiger partial charge in [0.15, 0.2) is 0 Å². The Balaban J connectivity index is 3.17. The molecule has 0 rings (SSSR count). The number of nitrogens with one attached hydrogen (secondary N) is 1. The maximum atomic E-state index is 5.09. The Kier molecular flexibility index (Phi) is 3.06. The van der Waals surface area contributed by atoms with E-state index in [4.69, 9.17) is 5.73 Å². The minimum atomic E-state index is 0.421. The standard InChI is InChI=1S/C5H10N2/c1-3-5(2)7-4-6/h3,7H,1-2,4,6H2. The molecule has 0 amide bonds. The number of hydrogen-bond donors (Lipinski definition) is 2. The van der Waals surface area contributed by atoms with Crippen LogP contribution < -0.4 is 11.1 Å². The Hall–Kier alpha value is -0.760. The van der Waals surface area contributed by atoms with Crippen LogP contribution in [0.2, 0.25) is 0 Å². The molecule has 0 aliphatic heterocycles. The molecule has 0 bridgehead atoms. The third-order valence-corrected chi connectivity index (χ3v) is 0.576. The predicted molar refractivity (Wildman–Crippen MR) is 31.5 cm³/mol. The monoisotopic (exact) mass is 98.1 g/mol. The van der Waals surface area contributed by atoms with Crippen LogP contribution in [0.15, 0.2) is 24.9 Å². The van der Waals surface area contributed by atoms with E-state index in [1.54, 1.807) is 6.08 Å². The van der Waals surface area contributed by atoms with Gasteiger partial charge in [0.2, 0.25) is 0 Å². The molecule has 40 valence electrons. The highest BCUT2D eigenvalue weighted by molar-refractivity contribution is 5.07. The average molecular weight is 98.1 g/mol. The first-order chi connectivity index (χ1) is 3.31. The molecule has 0 spiro atoms. The van der Waals surface area contributed by atoms with Gasteiger partial charge in [0.05, 0.1) is 6.67 Å². The lowest BCUT2D eigenvalue weighted by molar-refractivity contribution is 0.852. The van der Waals surface area contributed by atoms with Crippen molar-refractivity contribution in [2.75, 3.05) is 6.67 Å². The highest BCUT2D eigenvalue weighted by Gasteiger charge is 1.75. The lowest BCUT2D eigenvalue weighted by Crippen LogP contribution is -2.19. The van der Waals surface area contributed by atoms with Crippen LogP contribution in [0.25, 0.3) is 0 Å². The zero-order valence-corrected chi connectivity index (χ0v) is 4.28. The maximum absolute atomic E-state index is 5.09. The summed E-state index contributed by atoms with van der Waals surface area (Å²) in [4.78, 5) is 0. The molecule has 7 heavy (non-hydrogen) atoms. The second kappa shape index (κ2) is 3.43. The third-order valence-electron chi connectivity index (χ3n) is 0.576. The summed E-state index contributed by atoms with van der Waals surface area (Å²) in [7, 11) is 0. The Morgan fingerprint density at radius 3 is 2.57 bits per heavy atom. The molecule has 0 radical (unpaired) electrons. The van der Waals surface area contributed by atoms with Crippen LogP contribution in [0.3, 0.4) is 0 Å². The van der Waals surface area contributed by atoms with Gasteiger partial charge >= 0.3 is 0 Å². The molecular weight excluding hydrogens is 88.1 g/mol. The summed E-state index contributed by atoms with van der Waals surface area (Å²) in [6, 6.07) is 0. The topological polar surface area (TPSA) is 38.0 Å². The van der Waals surface area contributed by atoms with E-state index in [1.807, 2.05) is 0 Å². The third kappa shape index (κ3) is 3.06. The van der Waals surface area contributed by atoms with E-state index in [2.05, 4.69) is 18.5 Å². The van der Waals surface area contributed by atoms with Gasteiger partial charge in [-0.15, -0.1) is 0 Å². The lowest BCUT2D eigenvalue weighted by atomic mass is 10.5. The first kappa shape index (κ1) is 6.24. The van der Waals surface area contributed by atoms with E-state index < -0.39 is 0 Å². The Morgan fingerprint density at radius 1 is 1.86 bits per heavy atom. The highest BCUT2D eigenvalue weighted by atomic mass is 15.0. The summed E-state index contributed by atoms with van der Waals surface area (Å²) < 4.78 is 0. The fourth-order valence-electron chi connectivity index (χ4n) is 0.203. The molecule has 0 aromatic carbocycles. The van der Waals surface area contributed by atoms with Crippen LogP contribution in [0.4, 0.5) is 0 Å². The summed E-state index contributed by atoms with van der Waals surface area (Å²) in [5, 5.41) is 2.76. The Bertz CT molecular complexity index is 76.1. The van der Waals surface area contributed by atoms with Gasteiger partial charge in [-0.25, -0.2) is 0 Å². The smallest absolute Gasteiger partial charge is 0.0627 e. The van der Waals surface area contributed by atoms with Crippen LogP contribution in [0, 0.1) is 0 Å². The van der Waals surface area contributed by atoms with E-state index in [-0.39, 0.29) is 0 Å². The van der Waals surface area contributed by atoms with Crippen molar-refractivity contribution in [3.63, 3.8) is 0 Å². The zero-order chi connectivity index (χ0) is 5.70. The van der Waals surface area contributed by atoms with Crippen LogP contribution in [-0.4, -0.2) is 6.67 Å². The molecule has 0 heterocycles. The average Bonchev–Trinajstić information content (AvgIpc) is 1.68. The first-order valence-electron chi connectivity index (χ1n) is 2.06. The molecule has 0 aromatic heterocycles. The molecule has 2 heteroatoms. The molecule has 0 aliphatic carbocycles. The molecule has 2 nitrogen and oxygen atoms in total. The summed E-state index contributed by atoms with van der Waals surface area (Å²) in [6.45, 7) is 7.44. The van der Waals surface area contributed by atoms with Crippen molar-refractivity contribution in [3.8, 4) is 0 Å². The van der Waals surface area contributed by atoms with E-state index in [0.29, 0.717) is 6.67 Å². The Labute approximate surface area is 43.7 Å². The highest BCUT2D eigenvalue weighted by Crippen LogP contribution is 1.77. The fraction of sp³-hybridized carbons (Fsp3) is 0.200. The molecular formula is C5H10N2. The molecule has 0 fully saturated rings. The van der Waals surface area contributed by atoms with Gasteiger partial charge in [-0.05, 0) is 6.08 Å². The van der Waals surface area contributed by atoms with Gasteiger partial charge in [-0.2, -0.15) is 0 Å². The van der Waals surface area contributed by atoms with Gasteiger partial charge in [0.25, 0.3) is 0 Å². The number of allylic oxidation sites excluding steroid dienone is 1. The van der Waals surface area contributed by atoms with Gasteiger partial charge in [-0.3, -0.25) is 0 Å². The van der Waals surface area contributed by atoms with Crippen molar-refractivity contribution in [1.82, 2.24) is 5.32 Å². The Morgan fingerprint density at radius 2 is 2.43 bits per heavy atom. The van der Waals surface area contributed by atoms with Crippen molar-refractivity contribution in [1.29, 1.82) is 0 Å². The molecule has 0 saturated carbocycles. The molecule has 0 aromatic rings. The van der Waals surface area contributed by atoms with Gasteiger partial charge in [0.1, 0.15) is 0 Å². The van der Waals surface area contributed by atoms with Gasteiger partial charge < -0.3 is 11.1 Å². The van der Waals surface area contributed by atoms with Crippen molar-refractivity contribution >= 4 is 0 Å². The zero-order valence-electron chi connectivity index (χ0n) is 4.28. The van der Waals surface area contributed by atoms with E-state index >= 15 is 0 Å². The van der Waals surface area contributed by atoms with Crippen molar-refractivity contribution in [2.45, 2.75) is 0 Å². The minimum absolute atomic E-state index is 0.421. The molecule has 0 saturated heterocycles. The maximum Gasteiger partial charge on any atom is 0.0627 e. The molecule has 3 N–H and O–H groups in total. The van der Waals surface area contributed by atoms with Crippen molar-refractivity contribution in [2.24, 2.45) is 5.73 Å². The largest absolute Gasteiger partial charge is 0.373 e. The van der Waals surface area contributed by atoms with Crippen LogP contribution in [-0.2, 0) is 0 Å². The van der Waals surface area contributed by atoms with Crippen molar-refractivity contribution in [3.05, 3.63) is 24.9 Å². The summed E-state index contributed by atoms with van der Waals surface area (Å²) >= 11 is 0. The van der Waals surface area contributed by atoms with E-state index in [1.165, 1.54) is 0 Å². The number of nitrogens with two attached hydrogens (primary N) is 1. The summed E-state index contributed by atoms with van der Waals surface area (Å²) in [5.41, 5.74) is 5.85. The molecule has 0 atom stereocenters. The number of hydrogen-bond acceptors (Lipinski definition) is 2. The second-order valence-corrected chi connectivity index (χ2v) is 1.11. The summed E-state index contributed by atoms with van der Waals surface area (Å²) in [5.74, 6) is 0. The SMILES string of the molecule is C=CC(=C)NCN. The number of rotatable bonds is 3. The van der Waals surface area contributed by atoms with Gasteiger partial charge in [0, 0.05) is 5.70 Å². The summed E-state index contributed by atoms with van der Waals surface area (Å²) in [6.07, 6.45) is 1.62. The van der Waals surface area contributed by atoms with Crippen LogP contribution >= 0.6 is 0 Å². The van der Waals surface area contributed by atoms with Crippen LogP contribution in [0.1, 0.15) is 0 Å². The minimum Gasteiger partial charge on any atom is -0.373 e. The predicted octanol–water partition coefficient (Wildman–Crippen LogP) is 0.192. The second-order valence-electron chi connectivity index (χ2n) is 1.11. The van der Waals surface area contributed by atoms with Crippen LogP contribution in [0.5, 0.6) is 0 Å². The first-order valence-corrected chi connectivity index (χ1v) is 2.06. The van der Waals surface area contributed by atoms with E-state index in [0.717, 1.165) is 5.70 Å². The normalized spacial score (nSPS) is 7.57. The quantitative estimate of drug-likeness (QED) is 0.390. The fourth-order valence-corrected chi connectivity index (χ4v) is 0.203. The van der Waals surface area contributed by atoms with E-state index in [9.17, 15) is 0 Å².